The Kier molecular flexibility index (Phi) is 8.11. The van der Waals surface area contributed by atoms with Gasteiger partial charge >= 0.3 is 5.97 Å². The van der Waals surface area contributed by atoms with E-state index in [4.69, 9.17) is 21.1 Å². The lowest BCUT2D eigenvalue weighted by Gasteiger charge is -2.40. The summed E-state index contributed by atoms with van der Waals surface area (Å²) >= 11 is 6.08. The van der Waals surface area contributed by atoms with Crippen LogP contribution in [0.1, 0.15) is 33.1 Å². The zero-order chi connectivity index (χ0) is 26.9. The molecule has 200 valence electrons. The molecular weight excluding hydrogens is 496 g/mol. The molecule has 2 unspecified atom stereocenters. The van der Waals surface area contributed by atoms with E-state index in [1.54, 1.807) is 41.3 Å². The van der Waals surface area contributed by atoms with Gasteiger partial charge in [-0.3, -0.25) is 14.4 Å². The van der Waals surface area contributed by atoms with Gasteiger partial charge in [-0.05, 0) is 49.4 Å². The molecule has 37 heavy (non-hydrogen) atoms. The number of carbonyl (C=O) groups is 3. The van der Waals surface area contributed by atoms with E-state index >= 15 is 0 Å². The molecule has 2 amide bonds. The van der Waals surface area contributed by atoms with E-state index in [1.807, 2.05) is 13.8 Å². The number of aliphatic hydroxyl groups excluding tert-OH is 1. The monoisotopic (exact) mass is 530 g/mol. The first kappa shape index (κ1) is 27.4. The van der Waals surface area contributed by atoms with Crippen LogP contribution in [0.4, 0.5) is 5.69 Å². The fourth-order valence-corrected chi connectivity index (χ4v) is 6.30. The summed E-state index contributed by atoms with van der Waals surface area (Å²) in [6.07, 6.45) is 4.26. The Balaban J connectivity index is 1.78. The Hall–Kier alpha value is -2.68. The molecule has 3 saturated heterocycles. The van der Waals surface area contributed by atoms with Crippen LogP contribution in [0, 0.1) is 17.8 Å². The molecule has 2 bridgehead atoms. The summed E-state index contributed by atoms with van der Waals surface area (Å²) in [5, 5.41) is 10.9. The van der Waals surface area contributed by atoms with E-state index in [0.717, 1.165) is 0 Å². The Morgan fingerprint density at radius 2 is 2.00 bits per heavy atom. The van der Waals surface area contributed by atoms with Crippen LogP contribution < -0.4 is 4.90 Å². The smallest absolute Gasteiger partial charge is 0.312 e. The number of esters is 1. The van der Waals surface area contributed by atoms with Crippen LogP contribution in [0.5, 0.6) is 0 Å². The van der Waals surface area contributed by atoms with Crippen molar-refractivity contribution in [2.75, 3.05) is 24.7 Å². The molecule has 6 atom stereocenters. The van der Waals surface area contributed by atoms with E-state index in [1.165, 1.54) is 4.90 Å². The van der Waals surface area contributed by atoms with Crippen molar-refractivity contribution in [2.45, 2.75) is 56.9 Å². The molecule has 1 N–H and O–H groups in total. The lowest BCUT2D eigenvalue weighted by Crippen LogP contribution is -2.59. The minimum atomic E-state index is -1.19. The molecule has 3 fully saturated rings. The van der Waals surface area contributed by atoms with Gasteiger partial charge in [0.1, 0.15) is 11.6 Å². The average molecular weight is 531 g/mol. The molecule has 4 rings (SSSR count). The van der Waals surface area contributed by atoms with Gasteiger partial charge in [0.05, 0.1) is 37.2 Å². The normalized spacial score (nSPS) is 28.8. The standard InChI is InChI=1S/C28H35ClN2O6/c1-5-7-15-36-27(35)22-21-12-13-28(37-21)23(22)25(33)31(20(16-32)17(3)4)24(28)26(34)30(14-6-2)19-10-8-18(29)9-11-19/h5-6,8-11,17,20-24,32H,1-2,7,12-16H2,3-4H3/t20-,21+,22-,23-,24?,28?/m0/s1. The van der Waals surface area contributed by atoms with Crippen molar-refractivity contribution < 1.29 is 29.0 Å². The predicted octanol–water partition coefficient (Wildman–Crippen LogP) is 3.37. The first-order valence-electron chi connectivity index (χ1n) is 12.8. The number of rotatable bonds is 11. The van der Waals surface area contributed by atoms with Gasteiger partial charge in [-0.2, -0.15) is 0 Å². The number of hydrogen-bond donors (Lipinski definition) is 1. The molecule has 3 aliphatic heterocycles. The maximum atomic E-state index is 14.4. The molecule has 3 heterocycles. The third-order valence-electron chi connectivity index (χ3n) is 7.84. The Morgan fingerprint density at radius 3 is 2.59 bits per heavy atom. The molecule has 1 aromatic carbocycles. The fourth-order valence-electron chi connectivity index (χ4n) is 6.18. The summed E-state index contributed by atoms with van der Waals surface area (Å²) in [6, 6.07) is 5.21. The second-order valence-corrected chi connectivity index (χ2v) is 10.7. The third kappa shape index (κ3) is 4.60. The number of ether oxygens (including phenoxy) is 2. The van der Waals surface area contributed by atoms with E-state index in [2.05, 4.69) is 13.2 Å². The minimum Gasteiger partial charge on any atom is -0.465 e. The number of hydrogen-bond acceptors (Lipinski definition) is 6. The quantitative estimate of drug-likeness (QED) is 0.268. The van der Waals surface area contributed by atoms with Crippen LogP contribution in [0.25, 0.3) is 0 Å². The second-order valence-electron chi connectivity index (χ2n) is 10.3. The van der Waals surface area contributed by atoms with Crippen molar-refractivity contribution in [3.8, 4) is 0 Å². The van der Waals surface area contributed by atoms with Gasteiger partial charge in [-0.15, -0.1) is 13.2 Å². The molecule has 0 saturated carbocycles. The summed E-state index contributed by atoms with van der Waals surface area (Å²) < 4.78 is 11.9. The summed E-state index contributed by atoms with van der Waals surface area (Å²) in [6.45, 7) is 11.3. The van der Waals surface area contributed by atoms with Crippen molar-refractivity contribution in [3.63, 3.8) is 0 Å². The highest BCUT2D eigenvalue weighted by Crippen LogP contribution is 2.59. The first-order chi connectivity index (χ1) is 17.7. The van der Waals surface area contributed by atoms with Crippen LogP contribution >= 0.6 is 11.6 Å². The maximum Gasteiger partial charge on any atom is 0.312 e. The summed E-state index contributed by atoms with van der Waals surface area (Å²) in [5.74, 6) is -3.00. The molecule has 0 radical (unpaired) electrons. The average Bonchev–Trinajstić information content (AvgIpc) is 3.51. The molecule has 8 nitrogen and oxygen atoms in total. The van der Waals surface area contributed by atoms with Crippen LogP contribution in [0.15, 0.2) is 49.6 Å². The largest absolute Gasteiger partial charge is 0.465 e. The van der Waals surface area contributed by atoms with E-state index in [9.17, 15) is 19.5 Å². The molecule has 9 heteroatoms. The molecule has 1 aromatic rings. The number of benzene rings is 1. The molecule has 3 aliphatic rings. The number of anilines is 1. The van der Waals surface area contributed by atoms with Crippen molar-refractivity contribution >= 4 is 35.1 Å². The number of likely N-dealkylation sites (tertiary alicyclic amines) is 1. The minimum absolute atomic E-state index is 0.141. The number of fused-ring (bicyclic) bond motifs is 1. The van der Waals surface area contributed by atoms with Crippen LogP contribution in [-0.2, 0) is 23.9 Å². The Bertz CT molecular complexity index is 1060. The predicted molar refractivity (Wildman–Crippen MR) is 140 cm³/mol. The van der Waals surface area contributed by atoms with Gasteiger partial charge < -0.3 is 24.4 Å². The van der Waals surface area contributed by atoms with Gasteiger partial charge in [0.2, 0.25) is 5.91 Å². The number of carbonyl (C=O) groups excluding carboxylic acids is 3. The zero-order valence-corrected chi connectivity index (χ0v) is 22.1. The Morgan fingerprint density at radius 1 is 1.30 bits per heavy atom. The topological polar surface area (TPSA) is 96.4 Å². The van der Waals surface area contributed by atoms with Crippen LogP contribution in [0.2, 0.25) is 5.02 Å². The molecule has 0 aliphatic carbocycles. The van der Waals surface area contributed by atoms with Crippen molar-refractivity contribution in [1.29, 1.82) is 0 Å². The lowest BCUT2D eigenvalue weighted by atomic mass is 9.70. The third-order valence-corrected chi connectivity index (χ3v) is 8.09. The fraction of sp³-hybridized carbons (Fsp3) is 0.536. The number of nitrogens with zero attached hydrogens (tertiary/aromatic N) is 2. The number of amides is 2. The van der Waals surface area contributed by atoms with Crippen LogP contribution in [-0.4, -0.2) is 71.3 Å². The first-order valence-corrected chi connectivity index (χ1v) is 13.2. The zero-order valence-electron chi connectivity index (χ0n) is 21.3. The van der Waals surface area contributed by atoms with Gasteiger partial charge in [-0.1, -0.05) is 37.6 Å². The molecule has 1 spiro atoms. The highest BCUT2D eigenvalue weighted by molar-refractivity contribution is 6.30. The molecular formula is C28H35ClN2O6. The second kappa shape index (κ2) is 11.0. The summed E-state index contributed by atoms with van der Waals surface area (Å²) in [7, 11) is 0. The summed E-state index contributed by atoms with van der Waals surface area (Å²) in [4.78, 5) is 44.7. The van der Waals surface area contributed by atoms with Gasteiger partial charge in [0.25, 0.3) is 5.91 Å². The highest BCUT2D eigenvalue weighted by Gasteiger charge is 2.75. The van der Waals surface area contributed by atoms with Crippen LogP contribution in [0.3, 0.4) is 0 Å². The van der Waals surface area contributed by atoms with Gasteiger partial charge in [0.15, 0.2) is 0 Å². The number of aliphatic hydroxyl groups is 1. The Labute approximate surface area is 222 Å². The lowest BCUT2D eigenvalue weighted by molar-refractivity contribution is -0.156. The van der Waals surface area contributed by atoms with Crippen molar-refractivity contribution in [2.24, 2.45) is 17.8 Å². The van der Waals surface area contributed by atoms with E-state index in [0.29, 0.717) is 30.0 Å². The van der Waals surface area contributed by atoms with Gasteiger partial charge in [0, 0.05) is 17.3 Å². The number of halogens is 1. The molecule has 0 aromatic heterocycles. The van der Waals surface area contributed by atoms with E-state index in [-0.39, 0.29) is 37.5 Å². The van der Waals surface area contributed by atoms with Crippen molar-refractivity contribution in [3.05, 3.63) is 54.6 Å². The summed E-state index contributed by atoms with van der Waals surface area (Å²) in [5.41, 5.74) is -0.589. The SMILES string of the molecule is C=CCCOC(=O)[C@@H]1[C@H]2C(=O)N([C@@H](CO)C(C)C)C(C(=O)N(CC=C)c3ccc(Cl)cc3)C23CC[C@H]1O3. The maximum absolute atomic E-state index is 14.4. The van der Waals surface area contributed by atoms with E-state index < -0.39 is 41.6 Å². The van der Waals surface area contributed by atoms with Crippen molar-refractivity contribution in [1.82, 2.24) is 4.90 Å². The van der Waals surface area contributed by atoms with Gasteiger partial charge in [-0.25, -0.2) is 0 Å². The highest BCUT2D eigenvalue weighted by atomic mass is 35.5.